The van der Waals surface area contributed by atoms with Gasteiger partial charge in [-0.15, -0.1) is 0 Å². The second-order valence-electron chi connectivity index (χ2n) is 7.14. The average Bonchev–Trinajstić information content (AvgIpc) is 2.65. The topological polar surface area (TPSA) is 32.5 Å². The summed E-state index contributed by atoms with van der Waals surface area (Å²) < 4.78 is 14.0. The fraction of sp³-hybridized carbons (Fsp3) is 0.429. The van der Waals surface area contributed by atoms with Gasteiger partial charge in [-0.2, -0.15) is 0 Å². The Bertz CT molecular complexity index is 666. The Morgan fingerprint density at radius 2 is 1.68 bits per heavy atom. The molecule has 1 heterocycles. The van der Waals surface area contributed by atoms with Crippen LogP contribution in [0.4, 0.5) is 4.39 Å². The third-order valence-corrected chi connectivity index (χ3v) is 5.59. The van der Waals surface area contributed by atoms with Crippen molar-refractivity contribution >= 4 is 0 Å². The molecule has 0 unspecified atom stereocenters. The number of piperidine rings is 1. The van der Waals surface area contributed by atoms with Crippen molar-refractivity contribution < 1.29 is 4.39 Å². The van der Waals surface area contributed by atoms with Crippen molar-refractivity contribution in [3.05, 3.63) is 71.5 Å². The van der Waals surface area contributed by atoms with Gasteiger partial charge in [0.1, 0.15) is 5.82 Å². The van der Waals surface area contributed by atoms with Crippen LogP contribution in [0.1, 0.15) is 24.0 Å². The third-order valence-electron chi connectivity index (χ3n) is 5.59. The highest BCUT2D eigenvalue weighted by atomic mass is 19.1. The average molecular weight is 341 g/mol. The molecule has 2 N–H and O–H groups in total. The molecule has 0 aliphatic carbocycles. The van der Waals surface area contributed by atoms with Crippen molar-refractivity contribution in [3.8, 4) is 0 Å². The number of hydrogen-bond acceptors (Lipinski definition) is 3. The molecule has 2 aromatic carbocycles. The summed E-state index contributed by atoms with van der Waals surface area (Å²) in [6.45, 7) is 4.24. The second-order valence-corrected chi connectivity index (χ2v) is 7.14. The van der Waals surface area contributed by atoms with E-state index in [0.717, 1.165) is 38.0 Å². The molecule has 0 radical (unpaired) electrons. The molecule has 0 amide bonds. The van der Waals surface area contributed by atoms with Crippen LogP contribution in [-0.4, -0.2) is 42.0 Å². The number of nitrogens with zero attached hydrogens (tertiary/aromatic N) is 2. The van der Waals surface area contributed by atoms with Crippen molar-refractivity contribution in [3.63, 3.8) is 0 Å². The Labute approximate surface area is 150 Å². The van der Waals surface area contributed by atoms with Crippen LogP contribution in [0.25, 0.3) is 0 Å². The van der Waals surface area contributed by atoms with Crippen LogP contribution in [0.2, 0.25) is 0 Å². The van der Waals surface area contributed by atoms with Crippen LogP contribution in [0.5, 0.6) is 0 Å². The van der Waals surface area contributed by atoms with Crippen molar-refractivity contribution in [2.45, 2.75) is 31.5 Å². The van der Waals surface area contributed by atoms with Gasteiger partial charge in [-0.25, -0.2) is 4.39 Å². The summed E-state index contributed by atoms with van der Waals surface area (Å²) >= 11 is 0. The molecule has 3 rings (SSSR count). The second kappa shape index (κ2) is 8.09. The van der Waals surface area contributed by atoms with Gasteiger partial charge in [0.25, 0.3) is 0 Å². The highest BCUT2D eigenvalue weighted by Gasteiger charge is 2.37. The Morgan fingerprint density at radius 1 is 1.04 bits per heavy atom. The lowest BCUT2D eigenvalue weighted by Crippen LogP contribution is -2.57. The van der Waals surface area contributed by atoms with Gasteiger partial charge in [-0.3, -0.25) is 9.80 Å². The summed E-state index contributed by atoms with van der Waals surface area (Å²) in [5, 5.41) is 0. The Kier molecular flexibility index (Phi) is 5.84. The maximum Gasteiger partial charge on any atom is 0.127 e. The van der Waals surface area contributed by atoms with Gasteiger partial charge in [0, 0.05) is 43.8 Å². The van der Waals surface area contributed by atoms with Crippen LogP contribution < -0.4 is 5.73 Å². The molecule has 0 spiro atoms. The molecule has 4 heteroatoms. The molecule has 0 bridgehead atoms. The van der Waals surface area contributed by atoms with Gasteiger partial charge in [0.05, 0.1) is 0 Å². The van der Waals surface area contributed by atoms with Crippen molar-refractivity contribution in [2.75, 3.05) is 26.7 Å². The van der Waals surface area contributed by atoms with E-state index in [4.69, 9.17) is 5.73 Å². The van der Waals surface area contributed by atoms with E-state index in [1.807, 2.05) is 12.1 Å². The number of likely N-dealkylation sites (N-methyl/N-ethyl adjacent to an activating group) is 1. The molecule has 25 heavy (non-hydrogen) atoms. The van der Waals surface area contributed by atoms with E-state index in [9.17, 15) is 4.39 Å². The number of halogens is 1. The van der Waals surface area contributed by atoms with E-state index in [-0.39, 0.29) is 11.4 Å². The molecule has 1 aliphatic rings. The molecular weight excluding hydrogens is 313 g/mol. The summed E-state index contributed by atoms with van der Waals surface area (Å²) in [5.74, 6) is -0.136. The maximum absolute atomic E-state index is 14.0. The fourth-order valence-corrected chi connectivity index (χ4v) is 3.76. The minimum Gasteiger partial charge on any atom is -0.329 e. The zero-order valence-corrected chi connectivity index (χ0v) is 15.0. The fourth-order valence-electron chi connectivity index (χ4n) is 3.76. The lowest BCUT2D eigenvalue weighted by molar-refractivity contribution is 0.0368. The molecule has 3 nitrogen and oxygen atoms in total. The Hall–Kier alpha value is -1.75. The van der Waals surface area contributed by atoms with Crippen molar-refractivity contribution in [2.24, 2.45) is 5.73 Å². The molecule has 0 atom stereocenters. The Morgan fingerprint density at radius 3 is 2.32 bits per heavy atom. The van der Waals surface area contributed by atoms with Gasteiger partial charge >= 0.3 is 0 Å². The number of likely N-dealkylation sites (tertiary alicyclic amines) is 1. The predicted molar refractivity (Wildman–Crippen MR) is 101 cm³/mol. The Balaban J connectivity index is 1.61. The van der Waals surface area contributed by atoms with E-state index < -0.39 is 0 Å². The highest BCUT2D eigenvalue weighted by Crippen LogP contribution is 2.29. The minimum absolute atomic E-state index is 0.0462. The molecule has 1 saturated heterocycles. The molecule has 0 aromatic heterocycles. The number of hydrogen-bond donors (Lipinski definition) is 1. The quantitative estimate of drug-likeness (QED) is 0.875. The van der Waals surface area contributed by atoms with E-state index in [2.05, 4.69) is 47.2 Å². The largest absolute Gasteiger partial charge is 0.329 e. The maximum atomic E-state index is 14.0. The third kappa shape index (κ3) is 4.27. The minimum atomic E-state index is -0.136. The normalized spacial score (nSPS) is 17.8. The lowest BCUT2D eigenvalue weighted by atomic mass is 9.85. The summed E-state index contributed by atoms with van der Waals surface area (Å²) in [6.07, 6.45) is 2.03. The first-order chi connectivity index (χ1) is 12.1. The first kappa shape index (κ1) is 18.1. The van der Waals surface area contributed by atoms with Crippen LogP contribution in [0.3, 0.4) is 0 Å². The first-order valence-corrected chi connectivity index (χ1v) is 9.04. The zero-order valence-electron chi connectivity index (χ0n) is 15.0. The van der Waals surface area contributed by atoms with Gasteiger partial charge in [-0.05, 0) is 31.5 Å². The van der Waals surface area contributed by atoms with Gasteiger partial charge in [0.15, 0.2) is 0 Å². The lowest BCUT2D eigenvalue weighted by Gasteiger charge is -2.47. The number of rotatable bonds is 6. The van der Waals surface area contributed by atoms with Crippen LogP contribution in [0, 0.1) is 5.82 Å². The van der Waals surface area contributed by atoms with E-state index >= 15 is 0 Å². The standard InChI is InChI=1S/C21H28FN3/c1-24(16-19-9-5-6-10-20(19)22)21(17-23)11-13-25(14-12-21)15-18-7-3-2-4-8-18/h2-10H,11-17,23H2,1H3. The van der Waals surface area contributed by atoms with Gasteiger partial charge in [-0.1, -0.05) is 48.5 Å². The summed E-state index contributed by atoms with van der Waals surface area (Å²) in [5.41, 5.74) is 8.22. The first-order valence-electron chi connectivity index (χ1n) is 9.04. The smallest absolute Gasteiger partial charge is 0.127 e. The molecule has 2 aromatic rings. The molecule has 1 aliphatic heterocycles. The van der Waals surface area contributed by atoms with E-state index in [1.165, 1.54) is 11.6 Å². The predicted octanol–water partition coefficient (Wildman–Crippen LogP) is 3.25. The number of nitrogens with two attached hydrogens (primary N) is 1. The monoisotopic (exact) mass is 341 g/mol. The van der Waals surface area contributed by atoms with Gasteiger partial charge in [0.2, 0.25) is 0 Å². The van der Waals surface area contributed by atoms with E-state index in [1.54, 1.807) is 6.07 Å². The zero-order chi connectivity index (χ0) is 17.7. The molecule has 1 fully saturated rings. The number of benzene rings is 2. The van der Waals surface area contributed by atoms with Crippen molar-refractivity contribution in [1.29, 1.82) is 0 Å². The molecule has 0 saturated carbocycles. The van der Waals surface area contributed by atoms with Crippen LogP contribution in [0.15, 0.2) is 54.6 Å². The van der Waals surface area contributed by atoms with Gasteiger partial charge < -0.3 is 5.73 Å². The summed E-state index contributed by atoms with van der Waals surface area (Å²) in [6, 6.07) is 17.6. The summed E-state index contributed by atoms with van der Waals surface area (Å²) in [7, 11) is 2.08. The van der Waals surface area contributed by atoms with Crippen LogP contribution in [-0.2, 0) is 13.1 Å². The van der Waals surface area contributed by atoms with E-state index in [0.29, 0.717) is 13.1 Å². The van der Waals surface area contributed by atoms with Crippen molar-refractivity contribution in [1.82, 2.24) is 9.80 Å². The SMILES string of the molecule is CN(Cc1ccccc1F)C1(CN)CCN(Cc2ccccc2)CC1. The summed E-state index contributed by atoms with van der Waals surface area (Å²) in [4.78, 5) is 4.74. The molecular formula is C21H28FN3. The highest BCUT2D eigenvalue weighted by molar-refractivity contribution is 5.18. The molecule has 134 valence electrons. The van der Waals surface area contributed by atoms with Crippen LogP contribution >= 0.6 is 0 Å².